The van der Waals surface area contributed by atoms with Crippen molar-refractivity contribution in [2.45, 2.75) is 6.04 Å². The standard InChI is InChI=1S/C11H13NO2/c1-12-11(10(7-13)8-14-12)9-5-3-2-4-6-9/h2-7,10-11H,8H2,1H3/t10-,11+/m0/s1. The van der Waals surface area contributed by atoms with Gasteiger partial charge in [-0.05, 0) is 5.56 Å². The molecule has 1 aromatic rings. The number of rotatable bonds is 2. The molecule has 2 rings (SSSR count). The van der Waals surface area contributed by atoms with Crippen LogP contribution in [0.5, 0.6) is 0 Å². The fraction of sp³-hybridized carbons (Fsp3) is 0.364. The van der Waals surface area contributed by atoms with Crippen LogP contribution in [-0.2, 0) is 9.63 Å². The molecule has 1 aliphatic heterocycles. The summed E-state index contributed by atoms with van der Waals surface area (Å²) in [6.07, 6.45) is 0.973. The third kappa shape index (κ3) is 1.56. The number of hydrogen-bond donors (Lipinski definition) is 0. The zero-order chi connectivity index (χ0) is 9.97. The largest absolute Gasteiger partial charge is 0.303 e. The molecule has 0 bridgehead atoms. The smallest absolute Gasteiger partial charge is 0.127 e. The van der Waals surface area contributed by atoms with Crippen LogP contribution >= 0.6 is 0 Å². The third-order valence-electron chi connectivity index (χ3n) is 2.58. The summed E-state index contributed by atoms with van der Waals surface area (Å²) in [6, 6.07) is 10.0. The lowest BCUT2D eigenvalue weighted by Gasteiger charge is -2.19. The maximum Gasteiger partial charge on any atom is 0.127 e. The van der Waals surface area contributed by atoms with Gasteiger partial charge in [-0.2, -0.15) is 5.06 Å². The van der Waals surface area contributed by atoms with Crippen molar-refractivity contribution in [3.05, 3.63) is 35.9 Å². The molecule has 74 valence electrons. The molecular formula is C11H13NO2. The van der Waals surface area contributed by atoms with Gasteiger partial charge in [-0.1, -0.05) is 30.3 Å². The van der Waals surface area contributed by atoms with E-state index in [1.165, 1.54) is 0 Å². The molecule has 1 fully saturated rings. The van der Waals surface area contributed by atoms with Crippen LogP contribution in [0.1, 0.15) is 11.6 Å². The summed E-state index contributed by atoms with van der Waals surface area (Å²) < 4.78 is 0. The summed E-state index contributed by atoms with van der Waals surface area (Å²) >= 11 is 0. The fourth-order valence-electron chi connectivity index (χ4n) is 1.87. The molecular weight excluding hydrogens is 178 g/mol. The number of aldehydes is 1. The quantitative estimate of drug-likeness (QED) is 0.662. The fourth-order valence-corrected chi connectivity index (χ4v) is 1.87. The van der Waals surface area contributed by atoms with Gasteiger partial charge < -0.3 is 4.79 Å². The first-order valence-corrected chi connectivity index (χ1v) is 4.69. The van der Waals surface area contributed by atoms with E-state index in [9.17, 15) is 4.79 Å². The molecule has 0 amide bonds. The van der Waals surface area contributed by atoms with E-state index >= 15 is 0 Å². The Labute approximate surface area is 83.2 Å². The van der Waals surface area contributed by atoms with Crippen LogP contribution in [0.4, 0.5) is 0 Å². The highest BCUT2D eigenvalue weighted by molar-refractivity contribution is 5.56. The highest BCUT2D eigenvalue weighted by Crippen LogP contribution is 2.32. The number of carbonyl (C=O) groups excluding carboxylic acids is 1. The lowest BCUT2D eigenvalue weighted by molar-refractivity contribution is -0.111. The van der Waals surface area contributed by atoms with E-state index in [-0.39, 0.29) is 12.0 Å². The average molecular weight is 191 g/mol. The number of carbonyl (C=O) groups is 1. The maximum atomic E-state index is 10.8. The van der Waals surface area contributed by atoms with Gasteiger partial charge >= 0.3 is 0 Å². The summed E-state index contributed by atoms with van der Waals surface area (Å²) in [5, 5.41) is 1.76. The lowest BCUT2D eigenvalue weighted by atomic mass is 9.96. The Kier molecular flexibility index (Phi) is 2.61. The van der Waals surface area contributed by atoms with Crippen molar-refractivity contribution in [2.75, 3.05) is 13.7 Å². The molecule has 1 saturated heterocycles. The Morgan fingerprint density at radius 2 is 2.14 bits per heavy atom. The Balaban J connectivity index is 2.27. The van der Waals surface area contributed by atoms with Gasteiger partial charge in [0.2, 0.25) is 0 Å². The highest BCUT2D eigenvalue weighted by Gasteiger charge is 2.33. The van der Waals surface area contributed by atoms with Crippen molar-refractivity contribution in [2.24, 2.45) is 5.92 Å². The number of hydrogen-bond acceptors (Lipinski definition) is 3. The van der Waals surface area contributed by atoms with Crippen molar-refractivity contribution in [3.8, 4) is 0 Å². The molecule has 1 aromatic carbocycles. The predicted octanol–water partition coefficient (Wildman–Crippen LogP) is 1.42. The third-order valence-corrected chi connectivity index (χ3v) is 2.58. The van der Waals surface area contributed by atoms with Crippen LogP contribution in [0.15, 0.2) is 30.3 Å². The molecule has 2 atom stereocenters. The highest BCUT2D eigenvalue weighted by atomic mass is 16.7. The molecule has 0 N–H and O–H groups in total. The second-order valence-corrected chi connectivity index (χ2v) is 3.50. The van der Waals surface area contributed by atoms with E-state index in [0.717, 1.165) is 11.8 Å². The number of nitrogens with zero attached hydrogens (tertiary/aromatic N) is 1. The average Bonchev–Trinajstić information content (AvgIpc) is 2.61. The zero-order valence-corrected chi connectivity index (χ0v) is 8.09. The molecule has 0 aliphatic carbocycles. The van der Waals surface area contributed by atoms with Gasteiger partial charge in [0, 0.05) is 7.05 Å². The SMILES string of the molecule is CN1OC[C@H](C=O)[C@H]1c1ccccc1. The summed E-state index contributed by atoms with van der Waals surface area (Å²) in [6.45, 7) is 0.486. The van der Waals surface area contributed by atoms with Crippen molar-refractivity contribution < 1.29 is 9.63 Å². The van der Waals surface area contributed by atoms with Crippen molar-refractivity contribution in [1.29, 1.82) is 0 Å². The second-order valence-electron chi connectivity index (χ2n) is 3.50. The van der Waals surface area contributed by atoms with Crippen LogP contribution in [0.25, 0.3) is 0 Å². The van der Waals surface area contributed by atoms with E-state index in [1.807, 2.05) is 37.4 Å². The summed E-state index contributed by atoms with van der Waals surface area (Å²) in [5.74, 6) is -0.0533. The maximum absolute atomic E-state index is 10.8. The van der Waals surface area contributed by atoms with Crippen molar-refractivity contribution in [3.63, 3.8) is 0 Å². The van der Waals surface area contributed by atoms with Crippen LogP contribution in [0, 0.1) is 5.92 Å². The van der Waals surface area contributed by atoms with E-state index in [4.69, 9.17) is 4.84 Å². The predicted molar refractivity (Wildman–Crippen MR) is 52.5 cm³/mol. The summed E-state index contributed by atoms with van der Waals surface area (Å²) in [7, 11) is 1.86. The Morgan fingerprint density at radius 1 is 1.43 bits per heavy atom. The molecule has 14 heavy (non-hydrogen) atoms. The van der Waals surface area contributed by atoms with E-state index < -0.39 is 0 Å². The summed E-state index contributed by atoms with van der Waals surface area (Å²) in [4.78, 5) is 16.2. The Morgan fingerprint density at radius 3 is 2.79 bits per heavy atom. The molecule has 3 heteroatoms. The van der Waals surface area contributed by atoms with E-state index in [0.29, 0.717) is 6.61 Å². The van der Waals surface area contributed by atoms with E-state index in [2.05, 4.69) is 0 Å². The van der Waals surface area contributed by atoms with Crippen molar-refractivity contribution in [1.82, 2.24) is 5.06 Å². The molecule has 0 radical (unpaired) electrons. The van der Waals surface area contributed by atoms with Gasteiger partial charge in [0.25, 0.3) is 0 Å². The minimum atomic E-state index is -0.0533. The molecule has 3 nitrogen and oxygen atoms in total. The molecule has 0 aromatic heterocycles. The molecule has 1 heterocycles. The molecule has 1 aliphatic rings. The number of benzene rings is 1. The zero-order valence-electron chi connectivity index (χ0n) is 8.09. The topological polar surface area (TPSA) is 29.5 Å². The number of hydroxylamine groups is 2. The lowest BCUT2D eigenvalue weighted by Crippen LogP contribution is -2.20. The Hall–Kier alpha value is -1.19. The summed E-state index contributed by atoms with van der Waals surface area (Å²) in [5.41, 5.74) is 1.13. The Bertz CT molecular complexity index is 312. The monoisotopic (exact) mass is 191 g/mol. The van der Waals surface area contributed by atoms with Crippen LogP contribution < -0.4 is 0 Å². The van der Waals surface area contributed by atoms with Crippen LogP contribution in [0.2, 0.25) is 0 Å². The van der Waals surface area contributed by atoms with Gasteiger partial charge in [-0.25, -0.2) is 0 Å². The minimum Gasteiger partial charge on any atom is -0.303 e. The van der Waals surface area contributed by atoms with Gasteiger partial charge in [0.05, 0.1) is 18.6 Å². The minimum absolute atomic E-state index is 0.0533. The first-order chi connectivity index (χ1) is 6.83. The molecule has 0 spiro atoms. The molecule has 0 saturated carbocycles. The first-order valence-electron chi connectivity index (χ1n) is 4.69. The van der Waals surface area contributed by atoms with Gasteiger partial charge in [0.15, 0.2) is 0 Å². The van der Waals surface area contributed by atoms with Crippen LogP contribution in [-0.4, -0.2) is 25.0 Å². The van der Waals surface area contributed by atoms with Gasteiger partial charge in [-0.15, -0.1) is 0 Å². The van der Waals surface area contributed by atoms with Crippen LogP contribution in [0.3, 0.4) is 0 Å². The van der Waals surface area contributed by atoms with Gasteiger partial charge in [-0.3, -0.25) is 4.84 Å². The second kappa shape index (κ2) is 3.90. The normalized spacial score (nSPS) is 27.8. The van der Waals surface area contributed by atoms with E-state index in [1.54, 1.807) is 5.06 Å². The molecule has 0 unspecified atom stereocenters. The first kappa shape index (κ1) is 9.37. The van der Waals surface area contributed by atoms with Crippen molar-refractivity contribution >= 4 is 6.29 Å². The van der Waals surface area contributed by atoms with Gasteiger partial charge in [0.1, 0.15) is 6.29 Å².